The molecule has 134 valence electrons. The van der Waals surface area contributed by atoms with Crippen molar-refractivity contribution in [2.75, 3.05) is 13.2 Å². The first-order valence-electron chi connectivity index (χ1n) is 7.14. The van der Waals surface area contributed by atoms with Gasteiger partial charge in [-0.15, -0.1) is 0 Å². The van der Waals surface area contributed by atoms with Gasteiger partial charge in [0.1, 0.15) is 18.0 Å². The molecule has 0 saturated heterocycles. The van der Waals surface area contributed by atoms with E-state index in [1.165, 1.54) is 12.1 Å². The van der Waals surface area contributed by atoms with Crippen LogP contribution in [-0.2, 0) is 0 Å². The zero-order valence-electron chi connectivity index (χ0n) is 13.1. The fourth-order valence-electron chi connectivity index (χ4n) is 1.89. The summed E-state index contributed by atoms with van der Waals surface area (Å²) in [5.41, 5.74) is -0.566. The second kappa shape index (κ2) is 8.78. The van der Waals surface area contributed by atoms with Crippen molar-refractivity contribution in [1.82, 2.24) is 5.32 Å². The van der Waals surface area contributed by atoms with Gasteiger partial charge in [0.15, 0.2) is 11.6 Å². The summed E-state index contributed by atoms with van der Waals surface area (Å²) >= 11 is 5.75. The molecule has 0 spiro atoms. The number of nitrogens with one attached hydrogen (secondary N) is 1. The summed E-state index contributed by atoms with van der Waals surface area (Å²) in [5.74, 6) is 2.63. The van der Waals surface area contributed by atoms with E-state index in [9.17, 15) is 23.7 Å². The topological polar surface area (TPSA) is 81.5 Å². The van der Waals surface area contributed by atoms with Crippen LogP contribution in [0.15, 0.2) is 36.4 Å². The van der Waals surface area contributed by atoms with Gasteiger partial charge >= 0.3 is 0 Å². The predicted octanol–water partition coefficient (Wildman–Crippen LogP) is 3.34. The van der Waals surface area contributed by atoms with Crippen LogP contribution in [0, 0.1) is 33.6 Å². The van der Waals surface area contributed by atoms with E-state index in [0.717, 1.165) is 18.2 Å². The van der Waals surface area contributed by atoms with E-state index in [2.05, 4.69) is 17.2 Å². The minimum absolute atomic E-state index is 0.113. The van der Waals surface area contributed by atoms with Crippen LogP contribution in [0.5, 0.6) is 5.75 Å². The van der Waals surface area contributed by atoms with Gasteiger partial charge in [-0.1, -0.05) is 23.4 Å². The number of halogens is 3. The first kappa shape index (κ1) is 19.1. The number of hydrogen-bond donors (Lipinski definition) is 1. The Morgan fingerprint density at radius 2 is 2.00 bits per heavy atom. The van der Waals surface area contributed by atoms with Gasteiger partial charge in [0.2, 0.25) is 0 Å². The summed E-state index contributed by atoms with van der Waals surface area (Å²) in [6.45, 7) is -0.298. The molecule has 0 aromatic heterocycles. The van der Waals surface area contributed by atoms with Gasteiger partial charge in [0.05, 0.1) is 11.5 Å². The molecule has 2 aromatic rings. The third-order valence-corrected chi connectivity index (χ3v) is 3.29. The average molecular weight is 381 g/mol. The van der Waals surface area contributed by atoms with Gasteiger partial charge in [-0.2, -0.15) is 0 Å². The Bertz CT molecular complexity index is 909. The number of ether oxygens (including phenoxy) is 1. The van der Waals surface area contributed by atoms with E-state index in [1.54, 1.807) is 0 Å². The Morgan fingerprint density at radius 1 is 1.23 bits per heavy atom. The Kier molecular flexibility index (Phi) is 6.47. The molecule has 0 fully saturated rings. The van der Waals surface area contributed by atoms with Crippen LogP contribution in [0.3, 0.4) is 0 Å². The molecule has 1 N–H and O–H groups in total. The predicted molar refractivity (Wildman–Crippen MR) is 90.1 cm³/mol. The highest BCUT2D eigenvalue weighted by Gasteiger charge is 2.19. The third-order valence-electron chi connectivity index (χ3n) is 3.06. The lowest BCUT2D eigenvalue weighted by molar-refractivity contribution is -0.385. The van der Waals surface area contributed by atoms with Crippen LogP contribution in [0.25, 0.3) is 0 Å². The van der Waals surface area contributed by atoms with Crippen LogP contribution in [0.1, 0.15) is 10.4 Å². The molecule has 0 aliphatic carbocycles. The highest BCUT2D eigenvalue weighted by molar-refractivity contribution is 6.31. The summed E-state index contributed by atoms with van der Waals surface area (Å²) in [6.07, 6.45) is 0. The first-order chi connectivity index (χ1) is 12.4. The lowest BCUT2D eigenvalue weighted by Gasteiger charge is -2.04. The normalized spacial score (nSPS) is 9.81. The second-order valence-corrected chi connectivity index (χ2v) is 5.25. The van der Waals surface area contributed by atoms with E-state index < -0.39 is 22.5 Å². The van der Waals surface area contributed by atoms with Crippen molar-refractivity contribution in [3.63, 3.8) is 0 Å². The van der Waals surface area contributed by atoms with Crippen molar-refractivity contribution in [2.24, 2.45) is 0 Å². The molecule has 0 heterocycles. The molecular formula is C17H11ClF2N2O4. The third kappa shape index (κ3) is 5.16. The van der Waals surface area contributed by atoms with E-state index in [0.29, 0.717) is 6.07 Å². The van der Waals surface area contributed by atoms with E-state index in [1.807, 2.05) is 0 Å². The maximum atomic E-state index is 13.3. The molecule has 0 unspecified atom stereocenters. The fourth-order valence-corrected chi connectivity index (χ4v) is 2.06. The minimum Gasteiger partial charge on any atom is -0.478 e. The van der Waals surface area contributed by atoms with Gasteiger partial charge in [-0.05, 0) is 24.3 Å². The van der Waals surface area contributed by atoms with Gasteiger partial charge in [0.25, 0.3) is 11.6 Å². The maximum absolute atomic E-state index is 13.3. The Labute approximate surface area is 151 Å². The summed E-state index contributed by atoms with van der Waals surface area (Å²) in [5, 5.41) is 13.5. The SMILES string of the molecule is O=C(NCC#CCOc1ccc(F)cc1F)c1cc(Cl)ccc1[N+](=O)[O-]. The van der Waals surface area contributed by atoms with Crippen LogP contribution in [0.2, 0.25) is 5.02 Å². The summed E-state index contributed by atoms with van der Waals surface area (Å²) in [7, 11) is 0. The quantitative estimate of drug-likeness (QED) is 0.490. The summed E-state index contributed by atoms with van der Waals surface area (Å²) in [4.78, 5) is 22.2. The van der Waals surface area contributed by atoms with Crippen LogP contribution >= 0.6 is 11.6 Å². The van der Waals surface area contributed by atoms with Gasteiger partial charge in [0, 0.05) is 17.2 Å². The molecule has 9 heteroatoms. The highest BCUT2D eigenvalue weighted by Crippen LogP contribution is 2.22. The number of amides is 1. The molecule has 2 rings (SSSR count). The molecule has 0 atom stereocenters. The second-order valence-electron chi connectivity index (χ2n) is 4.82. The monoisotopic (exact) mass is 380 g/mol. The zero-order valence-corrected chi connectivity index (χ0v) is 13.8. The molecule has 2 aromatic carbocycles. The summed E-state index contributed by atoms with van der Waals surface area (Å²) < 4.78 is 31.1. The van der Waals surface area contributed by atoms with Crippen molar-refractivity contribution < 1.29 is 23.2 Å². The molecule has 0 bridgehead atoms. The van der Waals surface area contributed by atoms with Gasteiger partial charge in [-0.3, -0.25) is 14.9 Å². The molecule has 0 aliphatic heterocycles. The number of benzene rings is 2. The highest BCUT2D eigenvalue weighted by atomic mass is 35.5. The minimum atomic E-state index is -0.853. The average Bonchev–Trinajstić information content (AvgIpc) is 2.59. The maximum Gasteiger partial charge on any atom is 0.282 e. The lowest BCUT2D eigenvalue weighted by Crippen LogP contribution is -2.24. The van der Waals surface area contributed by atoms with Crippen molar-refractivity contribution >= 4 is 23.2 Å². The number of nitro groups is 1. The molecule has 6 nitrogen and oxygen atoms in total. The Morgan fingerprint density at radius 3 is 2.69 bits per heavy atom. The van der Waals surface area contributed by atoms with Gasteiger partial charge < -0.3 is 10.1 Å². The van der Waals surface area contributed by atoms with Crippen LogP contribution in [-0.4, -0.2) is 24.0 Å². The number of carbonyl (C=O) groups excluding carboxylic acids is 1. The van der Waals surface area contributed by atoms with Crippen molar-refractivity contribution in [1.29, 1.82) is 0 Å². The van der Waals surface area contributed by atoms with Crippen molar-refractivity contribution in [3.05, 3.63) is 68.7 Å². The van der Waals surface area contributed by atoms with Crippen molar-refractivity contribution in [2.45, 2.75) is 0 Å². The Balaban J connectivity index is 1.89. The van der Waals surface area contributed by atoms with E-state index >= 15 is 0 Å². The number of carbonyl (C=O) groups is 1. The molecule has 0 aliphatic rings. The largest absolute Gasteiger partial charge is 0.478 e. The molecular weight excluding hydrogens is 370 g/mol. The fraction of sp³-hybridized carbons (Fsp3) is 0.118. The molecule has 1 amide bonds. The number of rotatable bonds is 5. The van der Waals surface area contributed by atoms with Crippen LogP contribution in [0.4, 0.5) is 14.5 Å². The summed E-state index contributed by atoms with van der Waals surface area (Å²) in [6, 6.07) is 6.48. The molecule has 0 radical (unpaired) electrons. The van der Waals surface area contributed by atoms with Crippen LogP contribution < -0.4 is 10.1 Å². The van der Waals surface area contributed by atoms with Gasteiger partial charge in [-0.25, -0.2) is 8.78 Å². The smallest absolute Gasteiger partial charge is 0.282 e. The molecule has 0 saturated carbocycles. The molecule has 26 heavy (non-hydrogen) atoms. The Hall–Kier alpha value is -3.18. The number of nitrogens with zero attached hydrogens (tertiary/aromatic N) is 1. The first-order valence-corrected chi connectivity index (χ1v) is 7.52. The van der Waals surface area contributed by atoms with E-state index in [4.69, 9.17) is 16.3 Å². The zero-order chi connectivity index (χ0) is 19.1. The van der Waals surface area contributed by atoms with Crippen molar-refractivity contribution in [3.8, 4) is 17.6 Å². The lowest BCUT2D eigenvalue weighted by atomic mass is 10.1. The number of nitro benzene ring substituents is 1. The number of hydrogen-bond acceptors (Lipinski definition) is 4. The standard InChI is InChI=1S/C17H11ClF2N2O4/c18-11-3-5-15(22(24)25)13(9-11)17(23)21-7-1-2-8-26-16-6-4-12(19)10-14(16)20/h3-6,9-10H,7-8H2,(H,21,23). The van der Waals surface area contributed by atoms with E-state index in [-0.39, 0.29) is 35.2 Å².